The minimum Gasteiger partial charge on any atom is -0.380 e. The van der Waals surface area contributed by atoms with Crippen LogP contribution in [0.15, 0.2) is 12.1 Å². The molecule has 21 heavy (non-hydrogen) atoms. The lowest BCUT2D eigenvalue weighted by molar-refractivity contribution is -0.114. The zero-order valence-electron chi connectivity index (χ0n) is 13.2. The zero-order valence-corrected chi connectivity index (χ0v) is 13.2. The van der Waals surface area contributed by atoms with Crippen molar-refractivity contribution in [2.75, 3.05) is 24.7 Å². The van der Waals surface area contributed by atoms with Gasteiger partial charge >= 0.3 is 0 Å². The molecule has 0 saturated carbocycles. The molecule has 4 nitrogen and oxygen atoms in total. The third-order valence-corrected chi connectivity index (χ3v) is 3.72. The minimum absolute atomic E-state index is 0.398. The molecular formula is C17H23NO3. The molecule has 0 fully saturated rings. The van der Waals surface area contributed by atoms with Crippen molar-refractivity contribution < 1.29 is 14.3 Å². The summed E-state index contributed by atoms with van der Waals surface area (Å²) in [5, 5.41) is 0. The highest BCUT2D eigenvalue weighted by atomic mass is 16.5. The summed E-state index contributed by atoms with van der Waals surface area (Å²) in [7, 11) is 0. The highest BCUT2D eigenvalue weighted by molar-refractivity contribution is 6.52. The van der Waals surface area contributed by atoms with E-state index in [0.29, 0.717) is 31.2 Å². The number of anilines is 1. The van der Waals surface area contributed by atoms with Crippen LogP contribution in [0.1, 0.15) is 41.8 Å². The van der Waals surface area contributed by atoms with Gasteiger partial charge in [-0.3, -0.25) is 9.59 Å². The van der Waals surface area contributed by atoms with Crippen molar-refractivity contribution in [1.29, 1.82) is 0 Å². The van der Waals surface area contributed by atoms with E-state index in [1.807, 2.05) is 26.0 Å². The molecule has 1 aromatic rings. The molecule has 0 saturated heterocycles. The lowest BCUT2D eigenvalue weighted by atomic mass is 10.0. The molecule has 1 aliphatic heterocycles. The number of carbonyl (C=O) groups excluding carboxylic acids is 2. The van der Waals surface area contributed by atoms with Gasteiger partial charge in [-0.1, -0.05) is 19.9 Å². The van der Waals surface area contributed by atoms with Crippen molar-refractivity contribution in [3.63, 3.8) is 0 Å². The lowest BCUT2D eigenvalue weighted by Gasteiger charge is -2.17. The smallest absolute Gasteiger partial charge is 0.299 e. The molecule has 0 aliphatic carbocycles. The summed E-state index contributed by atoms with van der Waals surface area (Å²) in [5.41, 5.74) is 3.20. The number of benzene rings is 1. The third kappa shape index (κ3) is 3.32. The fourth-order valence-electron chi connectivity index (χ4n) is 2.59. The Kier molecular flexibility index (Phi) is 4.78. The first-order valence-electron chi connectivity index (χ1n) is 7.47. The van der Waals surface area contributed by atoms with Gasteiger partial charge in [0.2, 0.25) is 0 Å². The van der Waals surface area contributed by atoms with E-state index in [0.717, 1.165) is 23.2 Å². The van der Waals surface area contributed by atoms with Gasteiger partial charge in [0, 0.05) is 13.2 Å². The van der Waals surface area contributed by atoms with E-state index in [1.54, 1.807) is 4.90 Å². The Balaban J connectivity index is 2.05. The first-order chi connectivity index (χ1) is 9.91. The molecule has 0 spiro atoms. The van der Waals surface area contributed by atoms with Crippen molar-refractivity contribution in [1.82, 2.24) is 0 Å². The SMILES string of the molecule is Cc1cc(C)c2c(c1)N(CCOCCC(C)C)C(=O)C2=O. The van der Waals surface area contributed by atoms with Crippen LogP contribution in [0, 0.1) is 19.8 Å². The van der Waals surface area contributed by atoms with Crippen molar-refractivity contribution in [3.8, 4) is 0 Å². The van der Waals surface area contributed by atoms with Crippen molar-refractivity contribution in [3.05, 3.63) is 28.8 Å². The fraction of sp³-hybridized carbons (Fsp3) is 0.529. The van der Waals surface area contributed by atoms with E-state index in [2.05, 4.69) is 13.8 Å². The normalized spacial score (nSPS) is 14.2. The molecule has 0 radical (unpaired) electrons. The molecule has 4 heteroatoms. The zero-order chi connectivity index (χ0) is 15.6. The van der Waals surface area contributed by atoms with Crippen LogP contribution < -0.4 is 4.90 Å². The molecule has 2 rings (SSSR count). The number of ether oxygens (including phenoxy) is 1. The number of fused-ring (bicyclic) bond motifs is 1. The van der Waals surface area contributed by atoms with Crippen molar-refractivity contribution in [2.45, 2.75) is 34.1 Å². The Labute approximate surface area is 126 Å². The van der Waals surface area contributed by atoms with Gasteiger partial charge in [0.15, 0.2) is 0 Å². The van der Waals surface area contributed by atoms with Crippen LogP contribution in [-0.4, -0.2) is 31.4 Å². The Bertz CT molecular complexity index is 563. The fourth-order valence-corrected chi connectivity index (χ4v) is 2.59. The van der Waals surface area contributed by atoms with Gasteiger partial charge in [0.1, 0.15) is 0 Å². The summed E-state index contributed by atoms with van der Waals surface area (Å²) >= 11 is 0. The Morgan fingerprint density at radius 2 is 1.86 bits per heavy atom. The average Bonchev–Trinajstić information content (AvgIpc) is 2.62. The Morgan fingerprint density at radius 1 is 1.14 bits per heavy atom. The van der Waals surface area contributed by atoms with Gasteiger partial charge in [-0.05, 0) is 43.4 Å². The molecule has 1 amide bonds. The number of aryl methyl sites for hydroxylation is 2. The van der Waals surface area contributed by atoms with E-state index >= 15 is 0 Å². The van der Waals surface area contributed by atoms with E-state index in [-0.39, 0.29) is 0 Å². The van der Waals surface area contributed by atoms with Crippen molar-refractivity contribution in [2.24, 2.45) is 5.92 Å². The molecule has 1 aliphatic rings. The summed E-state index contributed by atoms with van der Waals surface area (Å²) < 4.78 is 5.56. The molecule has 0 unspecified atom stereocenters. The Morgan fingerprint density at radius 3 is 2.52 bits per heavy atom. The number of rotatable bonds is 6. The predicted molar refractivity (Wildman–Crippen MR) is 82.9 cm³/mol. The first-order valence-corrected chi connectivity index (χ1v) is 7.47. The summed E-state index contributed by atoms with van der Waals surface area (Å²) in [6.45, 7) is 9.71. The van der Waals surface area contributed by atoms with E-state index < -0.39 is 11.7 Å². The van der Waals surface area contributed by atoms with Crippen LogP contribution in [0.25, 0.3) is 0 Å². The average molecular weight is 289 g/mol. The maximum atomic E-state index is 12.1. The van der Waals surface area contributed by atoms with Crippen LogP contribution in [0.3, 0.4) is 0 Å². The van der Waals surface area contributed by atoms with Gasteiger partial charge in [-0.25, -0.2) is 0 Å². The van der Waals surface area contributed by atoms with Gasteiger partial charge in [0.25, 0.3) is 11.7 Å². The molecule has 1 heterocycles. The van der Waals surface area contributed by atoms with Crippen molar-refractivity contribution >= 4 is 17.4 Å². The van der Waals surface area contributed by atoms with Crippen LogP contribution in [0.2, 0.25) is 0 Å². The van der Waals surface area contributed by atoms with Gasteiger partial charge < -0.3 is 9.64 Å². The minimum atomic E-state index is -0.439. The molecular weight excluding hydrogens is 266 g/mol. The number of Topliss-reactive ketones (excluding diaryl/α,β-unsaturated/α-hetero) is 1. The van der Waals surface area contributed by atoms with E-state index in [4.69, 9.17) is 4.74 Å². The molecule has 0 aromatic heterocycles. The number of ketones is 1. The summed E-state index contributed by atoms with van der Waals surface area (Å²) in [5.74, 6) is -0.234. The summed E-state index contributed by atoms with van der Waals surface area (Å²) in [6, 6.07) is 3.84. The van der Waals surface area contributed by atoms with Crippen LogP contribution in [0.4, 0.5) is 5.69 Å². The number of nitrogens with zero attached hydrogens (tertiary/aromatic N) is 1. The summed E-state index contributed by atoms with van der Waals surface area (Å²) in [6.07, 6.45) is 1.00. The van der Waals surface area contributed by atoms with Gasteiger partial charge in [0.05, 0.1) is 17.9 Å². The molecule has 114 valence electrons. The third-order valence-electron chi connectivity index (χ3n) is 3.72. The van der Waals surface area contributed by atoms with Gasteiger partial charge in [-0.2, -0.15) is 0 Å². The molecule has 0 atom stereocenters. The highest BCUT2D eigenvalue weighted by Gasteiger charge is 2.36. The van der Waals surface area contributed by atoms with E-state index in [9.17, 15) is 9.59 Å². The number of carbonyl (C=O) groups is 2. The van der Waals surface area contributed by atoms with Crippen LogP contribution in [0.5, 0.6) is 0 Å². The van der Waals surface area contributed by atoms with E-state index in [1.165, 1.54) is 0 Å². The number of amides is 1. The second-order valence-electron chi connectivity index (χ2n) is 6.06. The quantitative estimate of drug-likeness (QED) is 0.597. The monoisotopic (exact) mass is 289 g/mol. The predicted octanol–water partition coefficient (Wildman–Crippen LogP) is 2.90. The lowest BCUT2D eigenvalue weighted by Crippen LogP contribution is -2.33. The number of hydrogen-bond acceptors (Lipinski definition) is 3. The Hall–Kier alpha value is -1.68. The van der Waals surface area contributed by atoms with Gasteiger partial charge in [-0.15, -0.1) is 0 Å². The van der Waals surface area contributed by atoms with Crippen LogP contribution >= 0.6 is 0 Å². The second kappa shape index (κ2) is 6.39. The maximum Gasteiger partial charge on any atom is 0.299 e. The summed E-state index contributed by atoms with van der Waals surface area (Å²) in [4.78, 5) is 25.8. The molecule has 0 N–H and O–H groups in total. The van der Waals surface area contributed by atoms with Crippen LogP contribution in [-0.2, 0) is 9.53 Å². The maximum absolute atomic E-state index is 12.1. The topological polar surface area (TPSA) is 46.6 Å². The standard InChI is InChI=1S/C17H23NO3/c1-11(2)5-7-21-8-6-18-14-10-12(3)9-13(4)15(14)16(19)17(18)20/h9-11H,5-8H2,1-4H3. The highest BCUT2D eigenvalue weighted by Crippen LogP contribution is 2.32. The largest absolute Gasteiger partial charge is 0.380 e. The second-order valence-corrected chi connectivity index (χ2v) is 6.06. The first kappa shape index (κ1) is 15.7. The number of hydrogen-bond donors (Lipinski definition) is 0. The molecule has 1 aromatic carbocycles. The molecule has 0 bridgehead atoms.